The van der Waals surface area contributed by atoms with Gasteiger partial charge in [0.2, 0.25) is 5.95 Å². The van der Waals surface area contributed by atoms with Crippen LogP contribution in [-0.2, 0) is 0 Å². The molecule has 2 N–H and O–H groups in total. The summed E-state index contributed by atoms with van der Waals surface area (Å²) in [5.74, 6) is 0.912. The molecule has 0 unspecified atom stereocenters. The number of piperidine rings is 1. The number of nitriles is 1. The Labute approximate surface area is 164 Å². The van der Waals surface area contributed by atoms with Gasteiger partial charge in [-0.1, -0.05) is 12.1 Å². The van der Waals surface area contributed by atoms with E-state index in [1.807, 2.05) is 24.3 Å². The smallest absolute Gasteiger partial charge is 0.249 e. The largest absolute Gasteiger partial charge is 0.372 e. The van der Waals surface area contributed by atoms with Crippen LogP contribution in [0.5, 0.6) is 0 Å². The minimum atomic E-state index is 0.331. The van der Waals surface area contributed by atoms with Gasteiger partial charge in [-0.15, -0.1) is 5.10 Å². The zero-order valence-electron chi connectivity index (χ0n) is 15.5. The van der Waals surface area contributed by atoms with Gasteiger partial charge in [-0.2, -0.15) is 15.3 Å². The van der Waals surface area contributed by atoms with Gasteiger partial charge in [-0.05, 0) is 55.7 Å². The minimum absolute atomic E-state index is 0.331. The predicted molar refractivity (Wildman–Crippen MR) is 110 cm³/mol. The van der Waals surface area contributed by atoms with Gasteiger partial charge >= 0.3 is 0 Å². The van der Waals surface area contributed by atoms with E-state index < -0.39 is 0 Å². The van der Waals surface area contributed by atoms with Crippen molar-refractivity contribution in [3.63, 3.8) is 0 Å². The molecule has 1 aromatic heterocycles. The number of benzene rings is 2. The monoisotopic (exact) mass is 371 g/mol. The van der Waals surface area contributed by atoms with Crippen LogP contribution in [0.3, 0.4) is 0 Å². The van der Waals surface area contributed by atoms with E-state index in [2.05, 4.69) is 48.9 Å². The second kappa shape index (κ2) is 8.35. The van der Waals surface area contributed by atoms with E-state index in [0.29, 0.717) is 23.0 Å². The van der Waals surface area contributed by atoms with E-state index in [0.717, 1.165) is 18.8 Å². The van der Waals surface area contributed by atoms with Crippen LogP contribution < -0.4 is 15.5 Å². The lowest BCUT2D eigenvalue weighted by Gasteiger charge is -2.28. The van der Waals surface area contributed by atoms with Crippen LogP contribution in [0.4, 0.5) is 28.8 Å². The lowest BCUT2D eigenvalue weighted by Crippen LogP contribution is -2.29. The Balaban J connectivity index is 1.45. The normalized spacial score (nSPS) is 13.6. The summed E-state index contributed by atoms with van der Waals surface area (Å²) in [5.41, 5.74) is 3.36. The zero-order chi connectivity index (χ0) is 19.2. The summed E-state index contributed by atoms with van der Waals surface area (Å²) in [4.78, 5) is 6.86. The van der Waals surface area contributed by atoms with Crippen molar-refractivity contribution in [2.45, 2.75) is 19.3 Å². The molecule has 140 valence electrons. The minimum Gasteiger partial charge on any atom is -0.372 e. The first-order chi connectivity index (χ1) is 13.8. The molecule has 4 rings (SSSR count). The molecule has 3 aromatic rings. The van der Waals surface area contributed by atoms with Gasteiger partial charge in [0.05, 0.1) is 17.4 Å². The van der Waals surface area contributed by atoms with E-state index in [9.17, 15) is 5.26 Å². The molecule has 28 heavy (non-hydrogen) atoms. The van der Waals surface area contributed by atoms with Gasteiger partial charge in [0.15, 0.2) is 5.82 Å². The number of hydrogen-bond acceptors (Lipinski definition) is 7. The van der Waals surface area contributed by atoms with E-state index in [-0.39, 0.29) is 0 Å². The highest BCUT2D eigenvalue weighted by atomic mass is 15.3. The Morgan fingerprint density at radius 2 is 1.71 bits per heavy atom. The Bertz CT molecular complexity index is 973. The number of rotatable bonds is 5. The summed E-state index contributed by atoms with van der Waals surface area (Å²) in [7, 11) is 0. The maximum Gasteiger partial charge on any atom is 0.249 e. The molecule has 0 radical (unpaired) electrons. The lowest BCUT2D eigenvalue weighted by molar-refractivity contribution is 0.578. The van der Waals surface area contributed by atoms with Crippen LogP contribution in [-0.4, -0.2) is 28.3 Å². The molecule has 7 heteroatoms. The Hall–Kier alpha value is -3.66. The second-order valence-electron chi connectivity index (χ2n) is 6.67. The third kappa shape index (κ3) is 4.18. The standard InChI is InChI=1S/C21H21N7/c22-14-16-6-2-3-7-19(16)25-21-26-20(15-23-27-21)24-17-8-10-18(11-9-17)28-12-4-1-5-13-28/h2-3,6-11,15H,1,4-5,12-13H2,(H2,24,25,26,27). The maximum atomic E-state index is 9.20. The molecule has 0 amide bonds. The highest BCUT2D eigenvalue weighted by molar-refractivity contribution is 5.64. The van der Waals surface area contributed by atoms with Gasteiger partial charge in [0.1, 0.15) is 6.07 Å². The average Bonchev–Trinajstić information content (AvgIpc) is 2.76. The fraction of sp³-hybridized carbons (Fsp3) is 0.238. The topological polar surface area (TPSA) is 89.8 Å². The van der Waals surface area contributed by atoms with Gasteiger partial charge in [-0.25, -0.2) is 0 Å². The highest BCUT2D eigenvalue weighted by Crippen LogP contribution is 2.24. The number of para-hydroxylation sites is 1. The summed E-state index contributed by atoms with van der Waals surface area (Å²) in [6, 6.07) is 17.7. The van der Waals surface area contributed by atoms with Crippen molar-refractivity contribution in [2.75, 3.05) is 28.6 Å². The van der Waals surface area contributed by atoms with Crippen LogP contribution in [0.1, 0.15) is 24.8 Å². The summed E-state index contributed by atoms with van der Waals surface area (Å²) < 4.78 is 0. The molecule has 0 saturated carbocycles. The van der Waals surface area contributed by atoms with Crippen LogP contribution in [0, 0.1) is 11.3 Å². The van der Waals surface area contributed by atoms with Crippen molar-refractivity contribution in [2.24, 2.45) is 0 Å². The first-order valence-corrected chi connectivity index (χ1v) is 9.40. The molecule has 0 atom stereocenters. The number of anilines is 5. The number of aromatic nitrogens is 3. The molecule has 2 aromatic carbocycles. The predicted octanol–water partition coefficient (Wildman–Crippen LogP) is 4.22. The molecule has 1 aliphatic heterocycles. The van der Waals surface area contributed by atoms with Crippen LogP contribution in [0.25, 0.3) is 0 Å². The molecule has 1 aliphatic rings. The number of hydrogen-bond donors (Lipinski definition) is 2. The Morgan fingerprint density at radius 3 is 2.50 bits per heavy atom. The van der Waals surface area contributed by atoms with E-state index >= 15 is 0 Å². The van der Waals surface area contributed by atoms with Crippen molar-refractivity contribution in [1.82, 2.24) is 15.2 Å². The van der Waals surface area contributed by atoms with Crippen molar-refractivity contribution < 1.29 is 0 Å². The van der Waals surface area contributed by atoms with Crippen molar-refractivity contribution in [1.29, 1.82) is 5.26 Å². The lowest BCUT2D eigenvalue weighted by atomic mass is 10.1. The van der Waals surface area contributed by atoms with E-state index in [1.165, 1.54) is 24.9 Å². The van der Waals surface area contributed by atoms with Crippen molar-refractivity contribution >= 4 is 28.8 Å². The summed E-state index contributed by atoms with van der Waals surface area (Å²) in [5, 5.41) is 23.5. The Kier molecular flexibility index (Phi) is 5.29. The third-order valence-corrected chi connectivity index (χ3v) is 4.71. The quantitative estimate of drug-likeness (QED) is 0.694. The molecule has 1 fully saturated rings. The van der Waals surface area contributed by atoms with E-state index in [1.54, 1.807) is 18.3 Å². The molecule has 0 spiro atoms. The van der Waals surface area contributed by atoms with Gasteiger partial charge in [0, 0.05) is 24.5 Å². The average molecular weight is 371 g/mol. The molecule has 0 aliphatic carbocycles. The van der Waals surface area contributed by atoms with Gasteiger partial charge in [-0.3, -0.25) is 0 Å². The fourth-order valence-electron chi connectivity index (χ4n) is 3.28. The van der Waals surface area contributed by atoms with E-state index in [4.69, 9.17) is 0 Å². The van der Waals surface area contributed by atoms with Crippen molar-refractivity contribution in [3.8, 4) is 6.07 Å². The van der Waals surface area contributed by atoms with Crippen LogP contribution in [0.15, 0.2) is 54.7 Å². The molecule has 7 nitrogen and oxygen atoms in total. The fourth-order valence-corrected chi connectivity index (χ4v) is 3.28. The van der Waals surface area contributed by atoms with Crippen molar-refractivity contribution in [3.05, 3.63) is 60.3 Å². The summed E-state index contributed by atoms with van der Waals surface area (Å²) >= 11 is 0. The second-order valence-corrected chi connectivity index (χ2v) is 6.67. The van der Waals surface area contributed by atoms with Crippen LogP contribution in [0.2, 0.25) is 0 Å². The van der Waals surface area contributed by atoms with Gasteiger partial charge in [0.25, 0.3) is 0 Å². The highest BCUT2D eigenvalue weighted by Gasteiger charge is 2.11. The summed E-state index contributed by atoms with van der Waals surface area (Å²) in [6.07, 6.45) is 5.42. The molecule has 0 bridgehead atoms. The summed E-state index contributed by atoms with van der Waals surface area (Å²) in [6.45, 7) is 2.25. The maximum absolute atomic E-state index is 9.20. The SMILES string of the molecule is N#Cc1ccccc1Nc1nncc(Nc2ccc(N3CCCCC3)cc2)n1. The Morgan fingerprint density at radius 1 is 0.929 bits per heavy atom. The molecular formula is C21H21N7. The third-order valence-electron chi connectivity index (χ3n) is 4.71. The molecular weight excluding hydrogens is 350 g/mol. The first kappa shape index (κ1) is 17.7. The number of nitrogens with zero attached hydrogens (tertiary/aromatic N) is 5. The molecule has 2 heterocycles. The zero-order valence-corrected chi connectivity index (χ0v) is 15.5. The number of nitrogens with one attached hydrogen (secondary N) is 2. The first-order valence-electron chi connectivity index (χ1n) is 9.40. The van der Waals surface area contributed by atoms with Crippen LogP contribution >= 0.6 is 0 Å². The van der Waals surface area contributed by atoms with Gasteiger partial charge < -0.3 is 15.5 Å². The molecule has 1 saturated heterocycles.